The SMILES string of the molecule is COC(=O)C1=C(C(=O)OC)[C@@H]2CC[C@@H](CO)N2O1. The number of aliphatic hydroxyl groups excluding tert-OH is 1. The van der Waals surface area contributed by atoms with E-state index in [1.54, 1.807) is 0 Å². The first kappa shape index (κ1) is 12.8. The predicted molar refractivity (Wildman–Crippen MR) is 57.9 cm³/mol. The van der Waals surface area contributed by atoms with Gasteiger partial charge in [-0.25, -0.2) is 9.59 Å². The van der Waals surface area contributed by atoms with Crippen molar-refractivity contribution in [2.45, 2.75) is 24.9 Å². The summed E-state index contributed by atoms with van der Waals surface area (Å²) in [6.45, 7) is -0.0978. The second kappa shape index (κ2) is 4.95. The molecule has 0 radical (unpaired) electrons. The molecule has 0 aromatic rings. The highest BCUT2D eigenvalue weighted by Crippen LogP contribution is 2.38. The lowest BCUT2D eigenvalue weighted by molar-refractivity contribution is -0.163. The average Bonchev–Trinajstić information content (AvgIpc) is 2.94. The van der Waals surface area contributed by atoms with Gasteiger partial charge in [-0.2, -0.15) is 0 Å². The van der Waals surface area contributed by atoms with E-state index >= 15 is 0 Å². The fraction of sp³-hybridized carbons (Fsp3) is 0.636. The second-order valence-electron chi connectivity index (χ2n) is 4.11. The maximum atomic E-state index is 11.7. The van der Waals surface area contributed by atoms with E-state index in [1.165, 1.54) is 19.3 Å². The van der Waals surface area contributed by atoms with Crippen molar-refractivity contribution >= 4 is 11.9 Å². The number of carbonyl (C=O) groups is 2. The number of esters is 2. The molecule has 7 heteroatoms. The number of hydrogen-bond donors (Lipinski definition) is 1. The second-order valence-corrected chi connectivity index (χ2v) is 4.11. The highest BCUT2D eigenvalue weighted by molar-refractivity contribution is 6.00. The number of hydrogen-bond acceptors (Lipinski definition) is 7. The van der Waals surface area contributed by atoms with Crippen LogP contribution in [0.5, 0.6) is 0 Å². The lowest BCUT2D eigenvalue weighted by Crippen LogP contribution is -2.35. The number of ether oxygens (including phenoxy) is 2. The Labute approximate surface area is 104 Å². The van der Waals surface area contributed by atoms with Crippen molar-refractivity contribution < 1.29 is 29.0 Å². The molecule has 1 fully saturated rings. The lowest BCUT2D eigenvalue weighted by atomic mass is 10.0. The zero-order valence-electron chi connectivity index (χ0n) is 10.2. The van der Waals surface area contributed by atoms with Crippen molar-refractivity contribution in [2.24, 2.45) is 0 Å². The number of fused-ring (bicyclic) bond motifs is 1. The van der Waals surface area contributed by atoms with Crippen molar-refractivity contribution in [3.05, 3.63) is 11.3 Å². The molecule has 2 aliphatic rings. The van der Waals surface area contributed by atoms with Crippen molar-refractivity contribution in [1.82, 2.24) is 5.06 Å². The number of carbonyl (C=O) groups excluding carboxylic acids is 2. The number of methoxy groups -OCH3 is 2. The smallest absolute Gasteiger partial charge is 0.376 e. The predicted octanol–water partition coefficient (Wildman–Crippen LogP) is -0.643. The quantitative estimate of drug-likeness (QED) is 0.673. The zero-order chi connectivity index (χ0) is 13.3. The summed E-state index contributed by atoms with van der Waals surface area (Å²) < 4.78 is 9.24. The van der Waals surface area contributed by atoms with E-state index in [2.05, 4.69) is 9.47 Å². The third-order valence-corrected chi connectivity index (χ3v) is 3.20. The standard InChI is InChI=1S/C11H15NO6/c1-16-10(14)8-7-4-3-6(5-13)12(7)18-9(8)11(15)17-2/h6-7,13H,3-5H2,1-2H3/t6-,7-/m0/s1. The molecule has 1 N–H and O–H groups in total. The molecule has 0 amide bonds. The first-order valence-corrected chi connectivity index (χ1v) is 5.62. The highest BCUT2D eigenvalue weighted by Gasteiger charge is 2.49. The number of rotatable bonds is 3. The molecule has 2 rings (SSSR count). The van der Waals surface area contributed by atoms with Gasteiger partial charge in [-0.05, 0) is 12.8 Å². The highest BCUT2D eigenvalue weighted by atomic mass is 16.7. The van der Waals surface area contributed by atoms with E-state index in [0.717, 1.165) is 0 Å². The molecule has 0 aromatic carbocycles. The van der Waals surface area contributed by atoms with E-state index < -0.39 is 11.9 Å². The summed E-state index contributed by atoms with van der Waals surface area (Å²) in [6.07, 6.45) is 1.31. The van der Waals surface area contributed by atoms with E-state index in [-0.39, 0.29) is 30.0 Å². The van der Waals surface area contributed by atoms with Gasteiger partial charge in [0.2, 0.25) is 5.76 Å². The van der Waals surface area contributed by atoms with Crippen LogP contribution in [0.1, 0.15) is 12.8 Å². The lowest BCUT2D eigenvalue weighted by Gasteiger charge is -2.21. The summed E-state index contributed by atoms with van der Waals surface area (Å²) in [5.41, 5.74) is 0.167. The van der Waals surface area contributed by atoms with Crippen molar-refractivity contribution in [3.8, 4) is 0 Å². The molecule has 0 saturated carbocycles. The molecule has 0 aromatic heterocycles. The zero-order valence-corrected chi connectivity index (χ0v) is 10.2. The Morgan fingerprint density at radius 1 is 1.33 bits per heavy atom. The van der Waals surface area contributed by atoms with Gasteiger partial charge in [0.1, 0.15) is 5.57 Å². The van der Waals surface area contributed by atoms with E-state index in [9.17, 15) is 14.7 Å². The Balaban J connectivity index is 2.33. The summed E-state index contributed by atoms with van der Waals surface area (Å²) in [5, 5.41) is 10.7. The maximum absolute atomic E-state index is 11.7. The van der Waals surface area contributed by atoms with Crippen LogP contribution < -0.4 is 0 Å². The van der Waals surface area contributed by atoms with Crippen LogP contribution in [-0.4, -0.2) is 55.0 Å². The molecule has 18 heavy (non-hydrogen) atoms. The Kier molecular flexibility index (Phi) is 3.53. The van der Waals surface area contributed by atoms with Crippen LogP contribution in [0.4, 0.5) is 0 Å². The monoisotopic (exact) mass is 257 g/mol. The van der Waals surface area contributed by atoms with Crippen molar-refractivity contribution in [3.63, 3.8) is 0 Å². The molecule has 2 atom stereocenters. The largest absolute Gasteiger partial charge is 0.466 e. The normalized spacial score (nSPS) is 26.8. The summed E-state index contributed by atoms with van der Waals surface area (Å²) >= 11 is 0. The molecular weight excluding hydrogens is 242 g/mol. The first-order valence-electron chi connectivity index (χ1n) is 5.62. The number of aliphatic hydroxyl groups is 1. The van der Waals surface area contributed by atoms with Crippen LogP contribution in [0.25, 0.3) is 0 Å². The fourth-order valence-electron chi connectivity index (χ4n) is 2.33. The van der Waals surface area contributed by atoms with E-state index in [4.69, 9.17) is 4.84 Å². The molecule has 0 aliphatic carbocycles. The van der Waals surface area contributed by atoms with Gasteiger partial charge in [0, 0.05) is 0 Å². The van der Waals surface area contributed by atoms with Crippen LogP contribution in [0.2, 0.25) is 0 Å². The van der Waals surface area contributed by atoms with Crippen molar-refractivity contribution in [1.29, 1.82) is 0 Å². The first-order chi connectivity index (χ1) is 8.63. The molecule has 0 bridgehead atoms. The van der Waals surface area contributed by atoms with E-state index in [0.29, 0.717) is 12.8 Å². The van der Waals surface area contributed by atoms with Crippen LogP contribution in [0.15, 0.2) is 11.3 Å². The molecule has 2 aliphatic heterocycles. The van der Waals surface area contributed by atoms with Crippen molar-refractivity contribution in [2.75, 3.05) is 20.8 Å². The van der Waals surface area contributed by atoms with Gasteiger partial charge in [0.05, 0.1) is 32.9 Å². The summed E-state index contributed by atoms with van der Waals surface area (Å²) in [4.78, 5) is 28.6. The minimum atomic E-state index is -0.721. The topological polar surface area (TPSA) is 85.3 Å². The van der Waals surface area contributed by atoms with Gasteiger partial charge in [-0.3, -0.25) is 0 Å². The van der Waals surface area contributed by atoms with Crippen LogP contribution in [0, 0.1) is 0 Å². The van der Waals surface area contributed by atoms with Gasteiger partial charge < -0.3 is 19.4 Å². The molecular formula is C11H15NO6. The molecule has 0 unspecified atom stereocenters. The minimum Gasteiger partial charge on any atom is -0.466 e. The number of nitrogens with zero attached hydrogens (tertiary/aromatic N) is 1. The van der Waals surface area contributed by atoms with Gasteiger partial charge in [-0.15, -0.1) is 5.06 Å². The van der Waals surface area contributed by atoms with Gasteiger partial charge >= 0.3 is 11.9 Å². The molecule has 100 valence electrons. The average molecular weight is 257 g/mol. The van der Waals surface area contributed by atoms with Crippen LogP contribution >= 0.6 is 0 Å². The third-order valence-electron chi connectivity index (χ3n) is 3.20. The Morgan fingerprint density at radius 2 is 2.00 bits per heavy atom. The molecule has 0 spiro atoms. The fourth-order valence-corrected chi connectivity index (χ4v) is 2.33. The molecule has 7 nitrogen and oxygen atoms in total. The van der Waals surface area contributed by atoms with E-state index in [1.807, 2.05) is 0 Å². The third kappa shape index (κ3) is 1.85. The van der Waals surface area contributed by atoms with Crippen LogP contribution in [0.3, 0.4) is 0 Å². The maximum Gasteiger partial charge on any atom is 0.376 e. The number of hydroxylamine groups is 2. The van der Waals surface area contributed by atoms with Gasteiger partial charge in [-0.1, -0.05) is 0 Å². The Hall–Kier alpha value is -1.60. The minimum absolute atomic E-state index is 0.0978. The van der Waals surface area contributed by atoms with Crippen LogP contribution in [-0.2, 0) is 23.9 Å². The Bertz CT molecular complexity index is 404. The summed E-state index contributed by atoms with van der Waals surface area (Å²) in [7, 11) is 2.45. The molecule has 2 heterocycles. The Morgan fingerprint density at radius 3 is 2.56 bits per heavy atom. The summed E-state index contributed by atoms with van der Waals surface area (Å²) in [6, 6.07) is -0.583. The van der Waals surface area contributed by atoms with Gasteiger partial charge in [0.15, 0.2) is 0 Å². The summed E-state index contributed by atoms with van der Waals surface area (Å²) in [5.74, 6) is -1.48. The molecule has 1 saturated heterocycles. The van der Waals surface area contributed by atoms with Gasteiger partial charge in [0.25, 0.3) is 0 Å².